The highest BCUT2D eigenvalue weighted by Gasteiger charge is 2.46. The summed E-state index contributed by atoms with van der Waals surface area (Å²) in [7, 11) is 1.42. The summed E-state index contributed by atoms with van der Waals surface area (Å²) in [6.07, 6.45) is 9.48. The van der Waals surface area contributed by atoms with Crippen LogP contribution in [-0.2, 0) is 0 Å². The zero-order chi connectivity index (χ0) is 33.3. The lowest BCUT2D eigenvalue weighted by molar-refractivity contribution is 0.0623. The van der Waals surface area contributed by atoms with Crippen molar-refractivity contribution in [1.29, 1.82) is 0 Å². The van der Waals surface area contributed by atoms with Crippen LogP contribution in [0.25, 0.3) is 0 Å². The Labute approximate surface area is 274 Å². The summed E-state index contributed by atoms with van der Waals surface area (Å²) in [4.78, 5) is 52.1. The van der Waals surface area contributed by atoms with E-state index >= 15 is 0 Å². The van der Waals surface area contributed by atoms with Gasteiger partial charge in [-0.15, -0.1) is 0 Å². The van der Waals surface area contributed by atoms with Crippen molar-refractivity contribution in [3.63, 3.8) is 0 Å². The van der Waals surface area contributed by atoms with Gasteiger partial charge in [0, 0.05) is 43.7 Å². The van der Waals surface area contributed by atoms with Crippen molar-refractivity contribution >= 4 is 17.4 Å². The monoisotopic (exact) mass is 648 g/mol. The van der Waals surface area contributed by atoms with Crippen molar-refractivity contribution in [1.82, 2.24) is 19.8 Å². The van der Waals surface area contributed by atoms with Gasteiger partial charge in [-0.05, 0) is 96.5 Å². The van der Waals surface area contributed by atoms with Crippen LogP contribution in [0.4, 0.5) is 15.9 Å². The molecule has 2 aliphatic heterocycles. The van der Waals surface area contributed by atoms with Gasteiger partial charge in [0.15, 0.2) is 17.3 Å². The number of hydrogen-bond acceptors (Lipinski definition) is 10. The second-order valence-corrected chi connectivity index (χ2v) is 13.7. The van der Waals surface area contributed by atoms with Gasteiger partial charge < -0.3 is 29.5 Å². The summed E-state index contributed by atoms with van der Waals surface area (Å²) < 4.78 is 25.6. The number of hydrogen-bond donors (Lipinski definition) is 1. The molecule has 12 heteroatoms. The summed E-state index contributed by atoms with van der Waals surface area (Å²) in [5.74, 6) is 1.42. The molecule has 1 spiro atoms. The molecule has 3 fully saturated rings. The van der Waals surface area contributed by atoms with Crippen molar-refractivity contribution in [2.24, 2.45) is 11.3 Å². The fraction of sp³-hybridized carbons (Fsp3) is 0.571. The second-order valence-electron chi connectivity index (χ2n) is 13.7. The molecule has 1 N–H and O–H groups in total. The fourth-order valence-corrected chi connectivity index (χ4v) is 7.59. The zero-order valence-corrected chi connectivity index (χ0v) is 27.8. The molecule has 1 saturated carbocycles. The largest absolute Gasteiger partial charge is 0.491 e. The molecule has 1 amide bonds. The number of carbonyl (C=O) groups excluding carboxylic acids is 1. The Kier molecular flexibility index (Phi) is 9.50. The van der Waals surface area contributed by atoms with E-state index in [9.17, 15) is 18.8 Å². The normalized spacial score (nSPS) is 21.1. The molecule has 252 valence electrons. The van der Waals surface area contributed by atoms with E-state index in [0.29, 0.717) is 29.7 Å². The molecular weight excluding hydrogens is 603 g/mol. The first-order valence-corrected chi connectivity index (χ1v) is 16.8. The van der Waals surface area contributed by atoms with Gasteiger partial charge in [0.1, 0.15) is 23.6 Å². The predicted octanol–water partition coefficient (Wildman–Crippen LogP) is 4.46. The van der Waals surface area contributed by atoms with Crippen LogP contribution < -0.4 is 30.5 Å². The summed E-state index contributed by atoms with van der Waals surface area (Å²) in [5.41, 5.74) is -0.254. The van der Waals surface area contributed by atoms with E-state index in [1.54, 1.807) is 11.1 Å². The first kappa shape index (κ1) is 32.9. The third-order valence-electron chi connectivity index (χ3n) is 10.3. The number of likely N-dealkylation sites (tertiary alicyclic amines) is 1. The van der Waals surface area contributed by atoms with E-state index in [-0.39, 0.29) is 40.5 Å². The summed E-state index contributed by atoms with van der Waals surface area (Å²) in [5, 5.41) is 3.26. The molecule has 2 saturated heterocycles. The van der Waals surface area contributed by atoms with Crippen molar-refractivity contribution in [3.05, 3.63) is 62.6 Å². The Morgan fingerprint density at radius 1 is 1.11 bits per heavy atom. The van der Waals surface area contributed by atoms with Gasteiger partial charge >= 0.3 is 0 Å². The predicted molar refractivity (Wildman–Crippen MR) is 178 cm³/mol. The molecule has 0 unspecified atom stereocenters. The van der Waals surface area contributed by atoms with Gasteiger partial charge in [0.25, 0.3) is 16.8 Å². The van der Waals surface area contributed by atoms with Crippen LogP contribution in [0.1, 0.15) is 69.7 Å². The first-order valence-electron chi connectivity index (χ1n) is 16.8. The molecular formula is C35H45FN6O5. The number of nitrogens with zero attached hydrogens (tertiary/aromatic N) is 5. The Hall–Kier alpha value is -4.06. The lowest BCUT2D eigenvalue weighted by Crippen LogP contribution is -2.61. The van der Waals surface area contributed by atoms with Gasteiger partial charge in [-0.2, -0.15) is 0 Å². The lowest BCUT2D eigenvalue weighted by atomic mass is 9.71. The summed E-state index contributed by atoms with van der Waals surface area (Å²) in [6, 6.07) is 4.19. The van der Waals surface area contributed by atoms with Crippen molar-refractivity contribution in [2.45, 2.75) is 71.4 Å². The average molecular weight is 649 g/mol. The SMILES string of the molecule is CCN(C(=O)c1cc(F)ccc1Oc1cncnc1N1CC2(CCN(C[C@H]3CC[C@H](Nc4c(OC)c(=O)c4=O)CC3)CC2)C1)C(C)C. The maximum absolute atomic E-state index is 14.3. The number of benzene rings is 1. The van der Waals surface area contributed by atoms with Crippen LogP contribution in [0, 0.1) is 17.2 Å². The average Bonchev–Trinajstić information content (AvgIpc) is 3.06. The van der Waals surface area contributed by atoms with E-state index < -0.39 is 16.7 Å². The number of anilines is 2. The number of ether oxygens (including phenoxy) is 2. The highest BCUT2D eigenvalue weighted by Crippen LogP contribution is 2.45. The Morgan fingerprint density at radius 3 is 2.49 bits per heavy atom. The second kappa shape index (κ2) is 13.6. The smallest absolute Gasteiger partial charge is 0.271 e. The van der Waals surface area contributed by atoms with E-state index in [1.807, 2.05) is 20.8 Å². The lowest BCUT2D eigenvalue weighted by Gasteiger charge is -2.54. The number of rotatable bonds is 11. The molecule has 6 rings (SSSR count). The Balaban J connectivity index is 1.01. The minimum atomic E-state index is -0.538. The molecule has 1 aliphatic carbocycles. The Bertz CT molecular complexity index is 1650. The van der Waals surface area contributed by atoms with Gasteiger partial charge in [-0.1, -0.05) is 0 Å². The molecule has 0 atom stereocenters. The molecule has 1 aromatic heterocycles. The number of nitrogens with one attached hydrogen (secondary N) is 1. The molecule has 3 heterocycles. The topological polar surface area (TPSA) is 117 Å². The molecule has 11 nitrogen and oxygen atoms in total. The minimum Gasteiger partial charge on any atom is -0.491 e. The first-order chi connectivity index (χ1) is 22.6. The molecule has 0 radical (unpaired) electrons. The van der Waals surface area contributed by atoms with Crippen LogP contribution in [0.3, 0.4) is 0 Å². The van der Waals surface area contributed by atoms with Gasteiger partial charge in [0.05, 0.1) is 18.9 Å². The summed E-state index contributed by atoms with van der Waals surface area (Å²) >= 11 is 0. The molecule has 47 heavy (non-hydrogen) atoms. The van der Waals surface area contributed by atoms with Crippen molar-refractivity contribution in [3.8, 4) is 17.2 Å². The number of piperidine rings is 1. The standard InChI is InChI=1S/C35H45FN6O5/c1-5-42(22(2)3)34(45)26-16-24(36)8-11-27(26)47-28-17-37-21-38-33(28)41-19-35(20-41)12-14-40(15-13-35)18-23-6-9-25(10-7-23)39-29-30(43)31(44)32(29)46-4/h8,11,16-17,21-23,25,39H,5-7,9-10,12-15,18-20H2,1-4H3/t23-,25-. The Morgan fingerprint density at radius 2 is 1.83 bits per heavy atom. The highest BCUT2D eigenvalue weighted by atomic mass is 19.1. The number of carbonyl (C=O) groups is 1. The molecule has 2 aromatic carbocycles. The zero-order valence-electron chi connectivity index (χ0n) is 27.8. The third-order valence-corrected chi connectivity index (χ3v) is 10.3. The van der Waals surface area contributed by atoms with Crippen LogP contribution in [0.15, 0.2) is 40.3 Å². The fourth-order valence-electron chi connectivity index (χ4n) is 7.59. The quantitative estimate of drug-likeness (QED) is 0.299. The van der Waals surface area contributed by atoms with Gasteiger partial charge in [0.2, 0.25) is 0 Å². The van der Waals surface area contributed by atoms with E-state index in [4.69, 9.17) is 9.47 Å². The van der Waals surface area contributed by atoms with Crippen LogP contribution >= 0.6 is 0 Å². The van der Waals surface area contributed by atoms with Crippen molar-refractivity contribution in [2.75, 3.05) is 56.6 Å². The molecule has 0 bridgehead atoms. The number of amides is 1. The maximum atomic E-state index is 14.3. The third kappa shape index (κ3) is 6.70. The summed E-state index contributed by atoms with van der Waals surface area (Å²) in [6.45, 7) is 11.2. The number of halogens is 1. The minimum absolute atomic E-state index is 0.0397. The molecule has 3 aliphatic rings. The van der Waals surface area contributed by atoms with Crippen LogP contribution in [-0.4, -0.2) is 84.1 Å². The van der Waals surface area contributed by atoms with Crippen molar-refractivity contribution < 1.29 is 18.7 Å². The highest BCUT2D eigenvalue weighted by molar-refractivity contribution is 5.97. The van der Waals surface area contributed by atoms with E-state index in [0.717, 1.165) is 71.2 Å². The number of aromatic nitrogens is 2. The number of methoxy groups -OCH3 is 1. The maximum Gasteiger partial charge on any atom is 0.271 e. The van der Waals surface area contributed by atoms with Gasteiger partial charge in [-0.3, -0.25) is 14.4 Å². The molecule has 3 aromatic rings. The van der Waals surface area contributed by atoms with Gasteiger partial charge in [-0.25, -0.2) is 14.4 Å². The van der Waals surface area contributed by atoms with E-state index in [1.165, 1.54) is 31.6 Å². The van der Waals surface area contributed by atoms with Crippen LogP contribution in [0.2, 0.25) is 0 Å². The van der Waals surface area contributed by atoms with Crippen LogP contribution in [0.5, 0.6) is 17.2 Å². The van der Waals surface area contributed by atoms with E-state index in [2.05, 4.69) is 25.1 Å².